The summed E-state index contributed by atoms with van der Waals surface area (Å²) in [7, 11) is 0. The maximum atomic E-state index is 10.3. The Balaban J connectivity index is 1.65. The van der Waals surface area contributed by atoms with Crippen LogP contribution < -0.4 is 0 Å². The van der Waals surface area contributed by atoms with E-state index in [0.29, 0.717) is 16.7 Å². The summed E-state index contributed by atoms with van der Waals surface area (Å²) >= 11 is 0. The first-order chi connectivity index (χ1) is 10.5. The van der Waals surface area contributed by atoms with E-state index in [1.807, 2.05) is 6.92 Å². The molecule has 0 bridgehead atoms. The molecule has 0 aromatic heterocycles. The van der Waals surface area contributed by atoms with Gasteiger partial charge in [-0.3, -0.25) is 0 Å². The lowest BCUT2D eigenvalue weighted by Crippen LogP contribution is -2.51. The third-order valence-corrected chi connectivity index (χ3v) is 8.64. The Morgan fingerprint density at radius 1 is 1.09 bits per heavy atom. The molecule has 4 aliphatic carbocycles. The van der Waals surface area contributed by atoms with Crippen LogP contribution in [0.3, 0.4) is 0 Å². The minimum absolute atomic E-state index is 0.156. The van der Waals surface area contributed by atoms with Gasteiger partial charge >= 0.3 is 0 Å². The number of aliphatic hydroxyl groups is 1. The second-order valence-corrected chi connectivity index (χ2v) is 9.44. The van der Waals surface area contributed by atoms with Crippen molar-refractivity contribution in [1.29, 1.82) is 0 Å². The van der Waals surface area contributed by atoms with Gasteiger partial charge in [0.05, 0.1) is 6.10 Å². The van der Waals surface area contributed by atoms with E-state index >= 15 is 0 Å². The Kier molecular flexibility index (Phi) is 3.53. The molecule has 0 spiro atoms. The van der Waals surface area contributed by atoms with Gasteiger partial charge in [0.2, 0.25) is 0 Å². The zero-order valence-electron chi connectivity index (χ0n) is 14.8. The van der Waals surface area contributed by atoms with Gasteiger partial charge in [0.25, 0.3) is 0 Å². The Morgan fingerprint density at radius 3 is 2.68 bits per heavy atom. The second-order valence-electron chi connectivity index (χ2n) is 9.44. The maximum absolute atomic E-state index is 10.3. The van der Waals surface area contributed by atoms with Crippen LogP contribution in [-0.2, 0) is 0 Å². The van der Waals surface area contributed by atoms with Crippen LogP contribution in [0.5, 0.6) is 0 Å². The first-order valence-corrected chi connectivity index (χ1v) is 9.85. The summed E-state index contributed by atoms with van der Waals surface area (Å²) in [5.74, 6) is 3.24. The number of hydrogen-bond acceptors (Lipinski definition) is 1. The van der Waals surface area contributed by atoms with E-state index in [9.17, 15) is 5.11 Å². The SMILES string of the molecule is C[C@H](O)[C@H]1CC=C2[C@@H]3CC[C@H]4CCCC[C@]4(C)[C@H]3CC[C@@]21C. The summed E-state index contributed by atoms with van der Waals surface area (Å²) in [4.78, 5) is 0. The van der Waals surface area contributed by atoms with Crippen molar-refractivity contribution in [3.63, 3.8) is 0 Å². The van der Waals surface area contributed by atoms with Gasteiger partial charge in [0.15, 0.2) is 0 Å². The molecule has 0 aromatic rings. The van der Waals surface area contributed by atoms with E-state index in [1.54, 1.807) is 5.57 Å². The van der Waals surface area contributed by atoms with Crippen LogP contribution in [0.4, 0.5) is 0 Å². The zero-order chi connectivity index (χ0) is 15.5. The first-order valence-electron chi connectivity index (χ1n) is 9.85. The minimum atomic E-state index is -0.156. The molecule has 1 N–H and O–H groups in total. The summed E-state index contributed by atoms with van der Waals surface area (Å²) in [6.07, 6.45) is 15.0. The molecule has 3 fully saturated rings. The highest BCUT2D eigenvalue weighted by Gasteiger charge is 2.57. The molecule has 7 atom stereocenters. The molecule has 124 valence electrons. The van der Waals surface area contributed by atoms with Crippen molar-refractivity contribution in [3.05, 3.63) is 11.6 Å². The van der Waals surface area contributed by atoms with Gasteiger partial charge in [-0.05, 0) is 86.4 Å². The molecule has 0 amide bonds. The quantitative estimate of drug-likeness (QED) is 0.648. The van der Waals surface area contributed by atoms with Crippen LogP contribution in [-0.4, -0.2) is 11.2 Å². The zero-order valence-corrected chi connectivity index (χ0v) is 14.8. The molecule has 0 saturated heterocycles. The Labute approximate surface area is 136 Å². The normalized spacial score (nSPS) is 52.3. The number of allylic oxidation sites excluding steroid dienone is 2. The summed E-state index contributed by atoms with van der Waals surface area (Å²) in [6, 6.07) is 0. The van der Waals surface area contributed by atoms with Gasteiger partial charge < -0.3 is 5.11 Å². The summed E-state index contributed by atoms with van der Waals surface area (Å²) in [6.45, 7) is 7.12. The molecule has 0 unspecified atom stereocenters. The lowest BCUT2D eigenvalue weighted by molar-refractivity contribution is -0.0627. The molecular formula is C21H34O. The topological polar surface area (TPSA) is 20.2 Å². The van der Waals surface area contributed by atoms with Crippen molar-refractivity contribution in [2.75, 3.05) is 0 Å². The van der Waals surface area contributed by atoms with Crippen molar-refractivity contribution in [2.45, 2.75) is 84.7 Å². The molecule has 3 saturated carbocycles. The Bertz CT molecular complexity index is 478. The molecule has 0 heterocycles. The molecule has 1 heteroatoms. The number of aliphatic hydroxyl groups excluding tert-OH is 1. The smallest absolute Gasteiger partial charge is 0.0551 e. The predicted octanol–water partition coefficient (Wildman–Crippen LogP) is 5.34. The highest BCUT2D eigenvalue weighted by atomic mass is 16.3. The van der Waals surface area contributed by atoms with Crippen LogP contribution in [0.25, 0.3) is 0 Å². The van der Waals surface area contributed by atoms with Crippen LogP contribution in [0.1, 0.15) is 78.6 Å². The fraction of sp³-hybridized carbons (Fsp3) is 0.905. The van der Waals surface area contributed by atoms with Crippen molar-refractivity contribution < 1.29 is 5.11 Å². The fourth-order valence-corrected chi connectivity index (χ4v) is 7.39. The lowest BCUT2D eigenvalue weighted by atomic mass is 9.46. The monoisotopic (exact) mass is 302 g/mol. The third kappa shape index (κ3) is 1.93. The second kappa shape index (κ2) is 5.10. The molecule has 0 radical (unpaired) electrons. The van der Waals surface area contributed by atoms with E-state index in [-0.39, 0.29) is 6.10 Å². The van der Waals surface area contributed by atoms with Gasteiger partial charge in [0.1, 0.15) is 0 Å². The summed E-state index contributed by atoms with van der Waals surface area (Å²) in [5, 5.41) is 10.3. The van der Waals surface area contributed by atoms with E-state index < -0.39 is 0 Å². The van der Waals surface area contributed by atoms with E-state index in [0.717, 1.165) is 24.2 Å². The molecule has 4 aliphatic rings. The predicted molar refractivity (Wildman–Crippen MR) is 91.5 cm³/mol. The molecule has 22 heavy (non-hydrogen) atoms. The van der Waals surface area contributed by atoms with Gasteiger partial charge in [-0.15, -0.1) is 0 Å². The summed E-state index contributed by atoms with van der Waals surface area (Å²) in [5.41, 5.74) is 2.68. The fourth-order valence-electron chi connectivity index (χ4n) is 7.39. The Hall–Kier alpha value is -0.300. The highest BCUT2D eigenvalue weighted by molar-refractivity contribution is 5.30. The van der Waals surface area contributed by atoms with E-state index in [1.165, 1.54) is 51.4 Å². The van der Waals surface area contributed by atoms with Gasteiger partial charge in [-0.25, -0.2) is 0 Å². The average Bonchev–Trinajstić information content (AvgIpc) is 2.84. The summed E-state index contributed by atoms with van der Waals surface area (Å²) < 4.78 is 0. The van der Waals surface area contributed by atoms with E-state index in [4.69, 9.17) is 0 Å². The van der Waals surface area contributed by atoms with Crippen LogP contribution in [0.2, 0.25) is 0 Å². The first kappa shape index (κ1) is 15.2. The van der Waals surface area contributed by atoms with Crippen molar-refractivity contribution in [2.24, 2.45) is 34.5 Å². The highest BCUT2D eigenvalue weighted by Crippen LogP contribution is 2.66. The van der Waals surface area contributed by atoms with Crippen LogP contribution >= 0.6 is 0 Å². The van der Waals surface area contributed by atoms with E-state index in [2.05, 4.69) is 19.9 Å². The van der Waals surface area contributed by atoms with Gasteiger partial charge in [0, 0.05) is 0 Å². The molecular weight excluding hydrogens is 268 g/mol. The number of hydrogen-bond donors (Lipinski definition) is 1. The number of rotatable bonds is 1. The Morgan fingerprint density at radius 2 is 1.91 bits per heavy atom. The molecule has 1 nitrogen and oxygen atoms in total. The third-order valence-electron chi connectivity index (χ3n) is 8.64. The average molecular weight is 303 g/mol. The lowest BCUT2D eigenvalue weighted by Gasteiger charge is -2.59. The molecule has 4 rings (SSSR count). The van der Waals surface area contributed by atoms with Crippen molar-refractivity contribution >= 4 is 0 Å². The number of fused-ring (bicyclic) bond motifs is 5. The largest absolute Gasteiger partial charge is 0.393 e. The maximum Gasteiger partial charge on any atom is 0.0551 e. The van der Waals surface area contributed by atoms with Gasteiger partial charge in [-0.2, -0.15) is 0 Å². The van der Waals surface area contributed by atoms with Crippen LogP contribution in [0, 0.1) is 34.5 Å². The minimum Gasteiger partial charge on any atom is -0.393 e. The van der Waals surface area contributed by atoms with Crippen LogP contribution in [0.15, 0.2) is 11.6 Å². The molecule has 0 aromatic carbocycles. The molecule has 0 aliphatic heterocycles. The van der Waals surface area contributed by atoms with Crippen molar-refractivity contribution in [1.82, 2.24) is 0 Å². The van der Waals surface area contributed by atoms with Gasteiger partial charge in [-0.1, -0.05) is 38.3 Å². The van der Waals surface area contributed by atoms with Crippen molar-refractivity contribution in [3.8, 4) is 0 Å². The standard InChI is InChI=1S/C21H34O/c1-14(22)17-9-10-18-16-8-7-15-6-4-5-12-20(15,2)19(16)11-13-21(17,18)3/h10,14-17,19,22H,4-9,11-13H2,1-3H3/t14-,15+,16-,17+,19-,20-,21+/m0/s1.